The molecule has 2 aromatic rings. The number of aryl methyl sites for hydroxylation is 2. The van der Waals surface area contributed by atoms with Gasteiger partial charge in [-0.2, -0.15) is 0 Å². The van der Waals surface area contributed by atoms with E-state index in [0.717, 1.165) is 22.6 Å². The van der Waals surface area contributed by atoms with E-state index in [2.05, 4.69) is 16.7 Å². The fraction of sp³-hybridized carbons (Fsp3) is 0.421. The summed E-state index contributed by atoms with van der Waals surface area (Å²) < 4.78 is 11.1. The summed E-state index contributed by atoms with van der Waals surface area (Å²) in [7, 11) is 3.90. The van der Waals surface area contributed by atoms with Crippen molar-refractivity contribution in [3.8, 4) is 5.75 Å². The molecular formula is C19H27N3O3. The van der Waals surface area contributed by atoms with Crippen LogP contribution in [0, 0.1) is 13.8 Å². The van der Waals surface area contributed by atoms with Crippen LogP contribution in [0.1, 0.15) is 22.9 Å². The summed E-state index contributed by atoms with van der Waals surface area (Å²) >= 11 is 0. The molecule has 1 heterocycles. The van der Waals surface area contributed by atoms with Crippen LogP contribution in [-0.2, 0) is 0 Å². The van der Waals surface area contributed by atoms with Gasteiger partial charge in [0.1, 0.15) is 18.1 Å². The number of benzene rings is 1. The average molecular weight is 345 g/mol. The number of furan rings is 1. The Bertz CT molecular complexity index is 648. The standard InChI is InChI=1S/C19H27N3O3/c1-14-10-15(2)12-16(11-14)24-9-7-20-19(23)21-13-17(22(3)4)18-6-5-8-25-18/h5-6,8,10-12,17H,7,9,13H2,1-4H3,(H2,20,21,23). The molecule has 6 nitrogen and oxygen atoms in total. The Balaban J connectivity index is 1.70. The number of carbonyl (C=O) groups excluding carboxylic acids is 1. The number of nitrogens with zero attached hydrogens (tertiary/aromatic N) is 1. The Labute approximate surface area is 149 Å². The van der Waals surface area contributed by atoms with Gasteiger partial charge in [-0.1, -0.05) is 6.07 Å². The van der Waals surface area contributed by atoms with Crippen molar-refractivity contribution in [3.63, 3.8) is 0 Å². The molecule has 2 rings (SSSR count). The summed E-state index contributed by atoms with van der Waals surface area (Å²) in [6.07, 6.45) is 1.64. The maximum atomic E-state index is 11.9. The second kappa shape index (κ2) is 9.13. The van der Waals surface area contributed by atoms with Gasteiger partial charge in [0, 0.05) is 6.54 Å². The van der Waals surface area contributed by atoms with Crippen molar-refractivity contribution in [2.75, 3.05) is 33.8 Å². The lowest BCUT2D eigenvalue weighted by Gasteiger charge is -2.22. The van der Waals surface area contributed by atoms with Gasteiger partial charge < -0.3 is 19.8 Å². The lowest BCUT2D eigenvalue weighted by atomic mass is 10.1. The fourth-order valence-electron chi connectivity index (χ4n) is 2.62. The lowest BCUT2D eigenvalue weighted by Crippen LogP contribution is -2.41. The maximum Gasteiger partial charge on any atom is 0.314 e. The number of rotatable bonds is 8. The number of carbonyl (C=O) groups is 1. The first-order chi connectivity index (χ1) is 12.0. The summed E-state index contributed by atoms with van der Waals surface area (Å²) in [6.45, 7) is 5.39. The molecule has 1 unspecified atom stereocenters. The predicted octanol–water partition coefficient (Wildman–Crippen LogP) is 2.88. The fourth-order valence-corrected chi connectivity index (χ4v) is 2.62. The number of amides is 2. The van der Waals surface area contributed by atoms with Crippen LogP contribution in [0.4, 0.5) is 4.79 Å². The zero-order valence-electron chi connectivity index (χ0n) is 15.3. The average Bonchev–Trinajstić information content (AvgIpc) is 3.04. The smallest absolute Gasteiger partial charge is 0.314 e. The molecule has 25 heavy (non-hydrogen) atoms. The van der Waals surface area contributed by atoms with Crippen molar-refractivity contribution in [2.24, 2.45) is 0 Å². The van der Waals surface area contributed by atoms with Gasteiger partial charge in [0.25, 0.3) is 0 Å². The highest BCUT2D eigenvalue weighted by Crippen LogP contribution is 2.17. The van der Waals surface area contributed by atoms with Gasteiger partial charge in [-0.05, 0) is 63.3 Å². The Kier molecular flexibility index (Phi) is 6.89. The molecule has 0 saturated heterocycles. The first-order valence-electron chi connectivity index (χ1n) is 8.38. The van der Waals surface area contributed by atoms with E-state index >= 15 is 0 Å². The van der Waals surface area contributed by atoms with E-state index in [0.29, 0.717) is 19.7 Å². The number of hydrogen-bond donors (Lipinski definition) is 2. The van der Waals surface area contributed by atoms with Crippen LogP contribution in [0.2, 0.25) is 0 Å². The molecule has 1 atom stereocenters. The molecule has 0 bridgehead atoms. The number of ether oxygens (including phenoxy) is 1. The van der Waals surface area contributed by atoms with E-state index in [-0.39, 0.29) is 12.1 Å². The number of urea groups is 1. The third kappa shape index (κ3) is 6.15. The van der Waals surface area contributed by atoms with Crippen molar-refractivity contribution >= 4 is 6.03 Å². The Morgan fingerprint density at radius 1 is 1.20 bits per heavy atom. The zero-order valence-corrected chi connectivity index (χ0v) is 15.3. The first kappa shape index (κ1) is 18.9. The van der Waals surface area contributed by atoms with Gasteiger partial charge >= 0.3 is 6.03 Å². The molecule has 0 radical (unpaired) electrons. The normalized spacial score (nSPS) is 12.0. The molecule has 1 aromatic heterocycles. The van der Waals surface area contributed by atoms with Crippen LogP contribution in [0.15, 0.2) is 41.0 Å². The molecular weight excluding hydrogens is 318 g/mol. The second-order valence-electron chi connectivity index (χ2n) is 6.30. The van der Waals surface area contributed by atoms with E-state index in [4.69, 9.17) is 9.15 Å². The molecule has 0 spiro atoms. The van der Waals surface area contributed by atoms with Gasteiger partial charge in [0.15, 0.2) is 0 Å². The van der Waals surface area contributed by atoms with Crippen LogP contribution in [0.3, 0.4) is 0 Å². The monoisotopic (exact) mass is 345 g/mol. The summed E-state index contributed by atoms with van der Waals surface area (Å²) in [5, 5.41) is 5.66. The van der Waals surface area contributed by atoms with Crippen molar-refractivity contribution in [3.05, 3.63) is 53.5 Å². The molecule has 136 valence electrons. The van der Waals surface area contributed by atoms with Crippen LogP contribution in [-0.4, -0.2) is 44.7 Å². The van der Waals surface area contributed by atoms with Gasteiger partial charge in [0.2, 0.25) is 0 Å². The van der Waals surface area contributed by atoms with E-state index in [1.807, 2.05) is 57.1 Å². The SMILES string of the molecule is Cc1cc(C)cc(OCCNC(=O)NCC(c2ccco2)N(C)C)c1. The predicted molar refractivity (Wildman–Crippen MR) is 97.9 cm³/mol. The summed E-state index contributed by atoms with van der Waals surface area (Å²) in [5.41, 5.74) is 2.32. The number of nitrogens with one attached hydrogen (secondary N) is 2. The highest BCUT2D eigenvalue weighted by Gasteiger charge is 2.17. The molecule has 0 aliphatic carbocycles. The Hall–Kier alpha value is -2.47. The molecule has 2 amide bonds. The van der Waals surface area contributed by atoms with Crippen LogP contribution < -0.4 is 15.4 Å². The second-order valence-corrected chi connectivity index (χ2v) is 6.30. The number of hydrogen-bond acceptors (Lipinski definition) is 4. The van der Waals surface area contributed by atoms with Crippen molar-refractivity contribution in [1.82, 2.24) is 15.5 Å². The summed E-state index contributed by atoms with van der Waals surface area (Å²) in [5.74, 6) is 1.65. The van der Waals surface area contributed by atoms with E-state index in [1.54, 1.807) is 6.26 Å². The largest absolute Gasteiger partial charge is 0.492 e. The topological polar surface area (TPSA) is 66.7 Å². The molecule has 2 N–H and O–H groups in total. The van der Waals surface area contributed by atoms with E-state index in [1.165, 1.54) is 0 Å². The third-order valence-corrected chi connectivity index (χ3v) is 3.80. The van der Waals surface area contributed by atoms with Gasteiger partial charge in [-0.15, -0.1) is 0 Å². The highest BCUT2D eigenvalue weighted by atomic mass is 16.5. The minimum Gasteiger partial charge on any atom is -0.492 e. The minimum absolute atomic E-state index is 0.00716. The molecule has 0 aliphatic rings. The Morgan fingerprint density at radius 2 is 1.92 bits per heavy atom. The van der Waals surface area contributed by atoms with Gasteiger partial charge in [-0.25, -0.2) is 4.79 Å². The van der Waals surface area contributed by atoms with Crippen LogP contribution >= 0.6 is 0 Å². The van der Waals surface area contributed by atoms with Crippen molar-refractivity contribution in [1.29, 1.82) is 0 Å². The van der Waals surface area contributed by atoms with Gasteiger partial charge in [0.05, 0.1) is 18.8 Å². The molecule has 1 aromatic carbocycles. The lowest BCUT2D eigenvalue weighted by molar-refractivity contribution is 0.222. The van der Waals surface area contributed by atoms with Gasteiger partial charge in [-0.3, -0.25) is 4.90 Å². The maximum absolute atomic E-state index is 11.9. The Morgan fingerprint density at radius 3 is 2.52 bits per heavy atom. The molecule has 0 saturated carbocycles. The van der Waals surface area contributed by atoms with E-state index < -0.39 is 0 Å². The molecule has 0 fully saturated rings. The minimum atomic E-state index is -0.220. The van der Waals surface area contributed by atoms with E-state index in [9.17, 15) is 4.79 Å². The highest BCUT2D eigenvalue weighted by molar-refractivity contribution is 5.73. The first-order valence-corrected chi connectivity index (χ1v) is 8.38. The third-order valence-electron chi connectivity index (χ3n) is 3.80. The number of likely N-dealkylation sites (N-methyl/N-ethyl adjacent to an activating group) is 1. The van der Waals surface area contributed by atoms with Crippen molar-refractivity contribution in [2.45, 2.75) is 19.9 Å². The summed E-state index contributed by atoms with van der Waals surface area (Å²) in [4.78, 5) is 13.9. The molecule has 6 heteroatoms. The van der Waals surface area contributed by atoms with Crippen LogP contribution in [0.25, 0.3) is 0 Å². The zero-order chi connectivity index (χ0) is 18.2. The molecule has 0 aliphatic heterocycles. The van der Waals surface area contributed by atoms with Crippen molar-refractivity contribution < 1.29 is 13.9 Å². The van der Waals surface area contributed by atoms with Crippen LogP contribution in [0.5, 0.6) is 5.75 Å². The summed E-state index contributed by atoms with van der Waals surface area (Å²) in [6, 6.07) is 9.59. The quantitative estimate of drug-likeness (QED) is 0.722.